The molecule has 2 atom stereocenters. The molecule has 4 rings (SSSR count). The molecule has 0 radical (unpaired) electrons. The minimum atomic E-state index is -0.159. The van der Waals surface area contributed by atoms with Crippen molar-refractivity contribution in [3.8, 4) is 11.8 Å². The molecule has 0 bridgehead atoms. The van der Waals surface area contributed by atoms with Crippen molar-refractivity contribution >= 4 is 17.7 Å². The maximum Gasteiger partial charge on any atom is 0.256 e. The van der Waals surface area contributed by atoms with Gasteiger partial charge in [-0.25, -0.2) is 0 Å². The monoisotopic (exact) mass is 432 g/mol. The first-order chi connectivity index (χ1) is 15.2. The van der Waals surface area contributed by atoms with Crippen LogP contribution in [0.4, 0.5) is 0 Å². The molecule has 1 fully saturated rings. The van der Waals surface area contributed by atoms with Gasteiger partial charge in [-0.15, -0.1) is 11.8 Å². The largest absolute Gasteiger partial charge is 0.489 e. The van der Waals surface area contributed by atoms with E-state index in [9.17, 15) is 10.1 Å². The molecule has 1 aliphatic heterocycles. The summed E-state index contributed by atoms with van der Waals surface area (Å²) in [6, 6.07) is 18.0. The lowest BCUT2D eigenvalue weighted by Crippen LogP contribution is -2.21. The van der Waals surface area contributed by atoms with Crippen LogP contribution in [0.5, 0.6) is 5.75 Å². The standard InChI is InChI=1S/C26H28N2O2S/c1-2-5-18-10-14-21(15-11-18)30-17-19-8-12-20(13-9-19)25(29)28-26-23(16-27)22-6-3-4-7-24(22)31-26/h8-15,22,24H,2-7,17H2,1H3,(H,28,29)/t22-,24-/m1/s1. The van der Waals surface area contributed by atoms with Crippen LogP contribution in [0.2, 0.25) is 0 Å². The third kappa shape index (κ3) is 5.14. The average molecular weight is 433 g/mol. The second-order valence-electron chi connectivity index (χ2n) is 8.24. The lowest BCUT2D eigenvalue weighted by atomic mass is 9.84. The Labute approximate surface area is 188 Å². The molecule has 0 unspecified atom stereocenters. The first kappa shape index (κ1) is 21.5. The molecule has 1 amide bonds. The Bertz CT molecular complexity index is 990. The molecule has 0 aromatic heterocycles. The molecular formula is C26H28N2O2S. The maximum absolute atomic E-state index is 12.7. The highest BCUT2D eigenvalue weighted by molar-refractivity contribution is 8.04. The summed E-state index contributed by atoms with van der Waals surface area (Å²) in [4.78, 5) is 12.7. The van der Waals surface area contributed by atoms with E-state index < -0.39 is 0 Å². The predicted molar refractivity (Wildman–Crippen MR) is 125 cm³/mol. The second kappa shape index (κ2) is 10.1. The van der Waals surface area contributed by atoms with E-state index in [0.717, 1.165) is 47.6 Å². The van der Waals surface area contributed by atoms with Gasteiger partial charge in [0.15, 0.2) is 0 Å². The molecule has 1 N–H and O–H groups in total. The van der Waals surface area contributed by atoms with Gasteiger partial charge >= 0.3 is 0 Å². The molecule has 1 saturated carbocycles. The summed E-state index contributed by atoms with van der Waals surface area (Å²) in [6.45, 7) is 2.63. The van der Waals surface area contributed by atoms with Crippen LogP contribution in [0, 0.1) is 17.2 Å². The van der Waals surface area contributed by atoms with Gasteiger partial charge in [0.2, 0.25) is 0 Å². The fourth-order valence-corrected chi connectivity index (χ4v) is 5.82. The first-order valence-electron chi connectivity index (χ1n) is 11.1. The van der Waals surface area contributed by atoms with Crippen molar-refractivity contribution < 1.29 is 9.53 Å². The quantitative estimate of drug-likeness (QED) is 0.584. The van der Waals surface area contributed by atoms with Crippen LogP contribution in [0.15, 0.2) is 59.1 Å². The van der Waals surface area contributed by atoms with Crippen molar-refractivity contribution in [2.24, 2.45) is 5.92 Å². The lowest BCUT2D eigenvalue weighted by molar-refractivity contribution is 0.0968. The van der Waals surface area contributed by atoms with Crippen LogP contribution in [-0.4, -0.2) is 11.2 Å². The number of hydrogen-bond acceptors (Lipinski definition) is 4. The summed E-state index contributed by atoms with van der Waals surface area (Å²) in [5, 5.41) is 13.8. The number of allylic oxidation sites excluding steroid dienone is 1. The van der Waals surface area contributed by atoms with E-state index >= 15 is 0 Å². The van der Waals surface area contributed by atoms with E-state index in [4.69, 9.17) is 4.74 Å². The van der Waals surface area contributed by atoms with E-state index in [1.54, 1.807) is 11.8 Å². The van der Waals surface area contributed by atoms with Gasteiger partial charge in [-0.1, -0.05) is 50.5 Å². The molecule has 0 saturated heterocycles. The molecule has 2 aromatic rings. The molecule has 5 heteroatoms. The molecule has 2 aliphatic rings. The molecule has 2 aromatic carbocycles. The molecule has 1 aliphatic carbocycles. The number of fused-ring (bicyclic) bond motifs is 1. The topological polar surface area (TPSA) is 62.1 Å². The summed E-state index contributed by atoms with van der Waals surface area (Å²) in [7, 11) is 0. The highest BCUT2D eigenvalue weighted by atomic mass is 32.2. The summed E-state index contributed by atoms with van der Waals surface area (Å²) >= 11 is 1.67. The van der Waals surface area contributed by atoms with Gasteiger partial charge in [0, 0.05) is 16.7 Å². The van der Waals surface area contributed by atoms with E-state index in [-0.39, 0.29) is 5.91 Å². The number of hydrogen-bond donors (Lipinski definition) is 1. The minimum Gasteiger partial charge on any atom is -0.489 e. The Kier molecular flexibility index (Phi) is 6.99. The minimum absolute atomic E-state index is 0.159. The van der Waals surface area contributed by atoms with Crippen molar-refractivity contribution in [3.63, 3.8) is 0 Å². The van der Waals surface area contributed by atoms with Crippen molar-refractivity contribution in [1.29, 1.82) is 5.26 Å². The highest BCUT2D eigenvalue weighted by Crippen LogP contribution is 2.47. The van der Waals surface area contributed by atoms with Crippen LogP contribution in [0.1, 0.15) is 60.5 Å². The van der Waals surface area contributed by atoms with Crippen molar-refractivity contribution in [1.82, 2.24) is 5.32 Å². The van der Waals surface area contributed by atoms with Crippen molar-refractivity contribution in [2.45, 2.75) is 57.3 Å². The number of nitrogens with one attached hydrogen (secondary N) is 1. The fraction of sp³-hybridized carbons (Fsp3) is 0.385. The summed E-state index contributed by atoms with van der Waals surface area (Å²) < 4.78 is 5.87. The number of rotatable bonds is 7. The zero-order chi connectivity index (χ0) is 21.6. The van der Waals surface area contributed by atoms with Gasteiger partial charge in [0.05, 0.1) is 16.7 Å². The Morgan fingerprint density at radius 1 is 1.10 bits per heavy atom. The van der Waals surface area contributed by atoms with Crippen molar-refractivity contribution in [3.05, 3.63) is 75.8 Å². The van der Waals surface area contributed by atoms with E-state index in [2.05, 4.69) is 30.4 Å². The van der Waals surface area contributed by atoms with E-state index in [1.807, 2.05) is 36.4 Å². The van der Waals surface area contributed by atoms with Gasteiger partial charge in [0.1, 0.15) is 12.4 Å². The number of ether oxygens (including phenoxy) is 1. The van der Waals surface area contributed by atoms with Crippen LogP contribution < -0.4 is 10.1 Å². The summed E-state index contributed by atoms with van der Waals surface area (Å²) in [5.74, 6) is 0.986. The number of carbonyl (C=O) groups excluding carboxylic acids is 1. The number of carbonyl (C=O) groups is 1. The van der Waals surface area contributed by atoms with Crippen LogP contribution in [0.3, 0.4) is 0 Å². The lowest BCUT2D eigenvalue weighted by Gasteiger charge is -2.24. The van der Waals surface area contributed by atoms with Gasteiger partial charge in [-0.2, -0.15) is 5.26 Å². The number of nitrogens with zero attached hydrogens (tertiary/aromatic N) is 1. The zero-order valence-corrected chi connectivity index (χ0v) is 18.7. The summed E-state index contributed by atoms with van der Waals surface area (Å²) in [6.07, 6.45) is 6.76. The Hall–Kier alpha value is -2.71. The van der Waals surface area contributed by atoms with Gasteiger partial charge in [0.25, 0.3) is 5.91 Å². The molecule has 4 nitrogen and oxygen atoms in total. The van der Waals surface area contributed by atoms with Crippen LogP contribution in [0.25, 0.3) is 0 Å². The normalized spacial score (nSPS) is 20.1. The fourth-order valence-electron chi connectivity index (χ4n) is 4.32. The average Bonchev–Trinajstić information content (AvgIpc) is 3.16. The molecule has 0 spiro atoms. The van der Waals surface area contributed by atoms with Gasteiger partial charge in [-0.05, 0) is 54.7 Å². The number of amides is 1. The molecular weight excluding hydrogens is 404 g/mol. The zero-order valence-electron chi connectivity index (χ0n) is 17.9. The van der Waals surface area contributed by atoms with E-state index in [1.165, 1.54) is 18.4 Å². The third-order valence-corrected chi connectivity index (χ3v) is 7.44. The second-order valence-corrected chi connectivity index (χ2v) is 9.48. The predicted octanol–water partition coefficient (Wildman–Crippen LogP) is 5.99. The maximum atomic E-state index is 12.7. The van der Waals surface area contributed by atoms with Crippen LogP contribution >= 0.6 is 11.8 Å². The molecule has 1 heterocycles. The number of nitriles is 1. The Balaban J connectivity index is 1.34. The van der Waals surface area contributed by atoms with Gasteiger partial charge in [-0.3, -0.25) is 4.79 Å². The molecule has 160 valence electrons. The first-order valence-corrected chi connectivity index (χ1v) is 12.0. The van der Waals surface area contributed by atoms with Gasteiger partial charge < -0.3 is 10.1 Å². The molecule has 31 heavy (non-hydrogen) atoms. The Morgan fingerprint density at radius 2 is 1.81 bits per heavy atom. The smallest absolute Gasteiger partial charge is 0.256 e. The Morgan fingerprint density at radius 3 is 2.52 bits per heavy atom. The van der Waals surface area contributed by atoms with Crippen LogP contribution in [-0.2, 0) is 13.0 Å². The SMILES string of the molecule is CCCc1ccc(OCc2ccc(C(=O)NC3=C(C#N)[C@H]4CCCC[C@H]4S3)cc2)cc1. The van der Waals surface area contributed by atoms with Crippen molar-refractivity contribution in [2.75, 3.05) is 0 Å². The number of aryl methyl sites for hydroxylation is 1. The third-order valence-electron chi connectivity index (χ3n) is 6.02. The van der Waals surface area contributed by atoms with E-state index in [0.29, 0.717) is 23.3 Å². The number of benzene rings is 2. The summed E-state index contributed by atoms with van der Waals surface area (Å²) in [5.41, 5.74) is 3.68. The number of thioether (sulfide) groups is 1. The highest BCUT2D eigenvalue weighted by Gasteiger charge is 2.38.